The summed E-state index contributed by atoms with van der Waals surface area (Å²) in [6.07, 6.45) is 7.36. The summed E-state index contributed by atoms with van der Waals surface area (Å²) >= 11 is 0. The molecule has 35 heavy (non-hydrogen) atoms. The number of hydrogen-bond acceptors (Lipinski definition) is 5. The molecule has 1 aliphatic rings. The number of benzene rings is 2. The second-order valence-corrected chi connectivity index (χ2v) is 9.22. The second kappa shape index (κ2) is 10.2. The van der Waals surface area contributed by atoms with Gasteiger partial charge in [0.1, 0.15) is 5.69 Å². The minimum absolute atomic E-state index is 0.0979. The molecule has 0 amide bonds. The van der Waals surface area contributed by atoms with Gasteiger partial charge >= 0.3 is 0 Å². The van der Waals surface area contributed by atoms with Gasteiger partial charge in [-0.25, -0.2) is 4.98 Å². The molecule has 1 aliphatic heterocycles. The largest absolute Gasteiger partial charge is 0.304 e. The fourth-order valence-electron chi connectivity index (χ4n) is 4.42. The topological polar surface area (TPSA) is 53.7 Å². The van der Waals surface area contributed by atoms with Gasteiger partial charge in [0.05, 0.1) is 12.4 Å². The van der Waals surface area contributed by atoms with Crippen molar-refractivity contribution in [3.63, 3.8) is 0 Å². The zero-order valence-corrected chi connectivity index (χ0v) is 20.2. The summed E-state index contributed by atoms with van der Waals surface area (Å²) in [6.45, 7) is 7.55. The van der Waals surface area contributed by atoms with E-state index >= 15 is 0 Å². The average Bonchev–Trinajstić information content (AvgIpc) is 3.29. The van der Waals surface area contributed by atoms with E-state index in [4.69, 9.17) is 0 Å². The maximum atomic E-state index is 13.0. The van der Waals surface area contributed by atoms with Gasteiger partial charge in [0, 0.05) is 62.7 Å². The second-order valence-electron chi connectivity index (χ2n) is 9.22. The molecule has 0 N–H and O–H groups in total. The lowest BCUT2D eigenvalue weighted by atomic mass is 9.98. The molecule has 0 aliphatic carbocycles. The monoisotopic (exact) mass is 463 g/mol. The molecule has 1 fully saturated rings. The highest BCUT2D eigenvalue weighted by atomic mass is 16.1. The third-order valence-electron chi connectivity index (χ3n) is 6.60. The highest BCUT2D eigenvalue weighted by Gasteiger charge is 2.15. The zero-order chi connectivity index (χ0) is 24.2. The molecule has 2 aromatic carbocycles. The van der Waals surface area contributed by atoms with Gasteiger partial charge in [-0.1, -0.05) is 36.3 Å². The van der Waals surface area contributed by atoms with Crippen molar-refractivity contribution in [1.29, 1.82) is 0 Å². The third-order valence-corrected chi connectivity index (χ3v) is 6.60. The lowest BCUT2D eigenvalue weighted by Crippen LogP contribution is -2.43. The quantitative estimate of drug-likeness (QED) is 0.334. The van der Waals surface area contributed by atoms with Gasteiger partial charge in [0.15, 0.2) is 11.4 Å². The van der Waals surface area contributed by atoms with Crippen molar-refractivity contribution in [2.75, 3.05) is 33.2 Å². The SMILES string of the molecule is Cc1cc(CC(=O)c2cccc(C#Cc3cnc4cnccn34)c2)ccc1CN1CCN(C)CC1. The van der Waals surface area contributed by atoms with Crippen molar-refractivity contribution in [1.82, 2.24) is 24.2 Å². The Kier molecular flexibility index (Phi) is 6.71. The van der Waals surface area contributed by atoms with E-state index in [0.29, 0.717) is 12.0 Å². The molecule has 3 heterocycles. The summed E-state index contributed by atoms with van der Waals surface area (Å²) < 4.78 is 1.89. The summed E-state index contributed by atoms with van der Waals surface area (Å²) in [4.78, 5) is 26.3. The Labute approximate surface area is 206 Å². The zero-order valence-electron chi connectivity index (χ0n) is 20.2. The smallest absolute Gasteiger partial charge is 0.167 e. The van der Waals surface area contributed by atoms with Crippen molar-refractivity contribution in [2.24, 2.45) is 0 Å². The molecule has 0 bridgehead atoms. The number of piperazine rings is 1. The Balaban J connectivity index is 1.26. The van der Waals surface area contributed by atoms with Crippen molar-refractivity contribution in [3.8, 4) is 11.8 Å². The molecule has 0 atom stereocenters. The van der Waals surface area contributed by atoms with E-state index in [2.05, 4.69) is 63.8 Å². The van der Waals surface area contributed by atoms with Crippen LogP contribution in [-0.4, -0.2) is 63.2 Å². The van der Waals surface area contributed by atoms with E-state index in [1.165, 1.54) is 11.1 Å². The predicted molar refractivity (Wildman–Crippen MR) is 137 cm³/mol. The minimum atomic E-state index is 0.0979. The van der Waals surface area contributed by atoms with Gasteiger partial charge < -0.3 is 4.90 Å². The number of fused-ring (bicyclic) bond motifs is 1. The van der Waals surface area contributed by atoms with Crippen LogP contribution < -0.4 is 0 Å². The lowest BCUT2D eigenvalue weighted by Gasteiger charge is -2.32. The Hall–Kier alpha value is -3.79. The Morgan fingerprint density at radius 3 is 2.71 bits per heavy atom. The van der Waals surface area contributed by atoms with Crippen LogP contribution in [0.15, 0.2) is 67.3 Å². The van der Waals surface area contributed by atoms with Crippen molar-refractivity contribution in [3.05, 3.63) is 101 Å². The van der Waals surface area contributed by atoms with Gasteiger partial charge in [0.25, 0.3) is 0 Å². The molecule has 6 nitrogen and oxygen atoms in total. The Morgan fingerprint density at radius 2 is 1.89 bits per heavy atom. The molecule has 0 unspecified atom stereocenters. The van der Waals surface area contributed by atoms with Crippen LogP contribution in [0.2, 0.25) is 0 Å². The average molecular weight is 464 g/mol. The van der Waals surface area contributed by atoms with Crippen LogP contribution in [0.3, 0.4) is 0 Å². The molecular weight excluding hydrogens is 434 g/mol. The number of carbonyl (C=O) groups is 1. The van der Waals surface area contributed by atoms with Crippen molar-refractivity contribution >= 4 is 11.4 Å². The van der Waals surface area contributed by atoms with Crippen LogP contribution in [0, 0.1) is 18.8 Å². The predicted octanol–water partition coefficient (Wildman–Crippen LogP) is 3.61. The van der Waals surface area contributed by atoms with Crippen LogP contribution in [0.1, 0.15) is 38.3 Å². The number of Topliss-reactive ketones (excluding diaryl/α,β-unsaturated/α-hetero) is 1. The summed E-state index contributed by atoms with van der Waals surface area (Å²) in [7, 11) is 2.18. The molecule has 6 heteroatoms. The van der Waals surface area contributed by atoms with E-state index in [0.717, 1.165) is 55.2 Å². The van der Waals surface area contributed by atoms with Crippen LogP contribution in [0.4, 0.5) is 0 Å². The van der Waals surface area contributed by atoms with E-state index in [1.54, 1.807) is 18.6 Å². The molecule has 1 saturated heterocycles. The number of carbonyl (C=O) groups excluding carboxylic acids is 1. The van der Waals surface area contributed by atoms with E-state index in [9.17, 15) is 4.79 Å². The van der Waals surface area contributed by atoms with Crippen LogP contribution in [-0.2, 0) is 13.0 Å². The van der Waals surface area contributed by atoms with Crippen LogP contribution >= 0.6 is 0 Å². The molecule has 0 radical (unpaired) electrons. The summed E-state index contributed by atoms with van der Waals surface area (Å²) in [6, 6.07) is 14.0. The lowest BCUT2D eigenvalue weighted by molar-refractivity contribution is 0.0993. The fraction of sp³-hybridized carbons (Fsp3) is 0.276. The molecule has 0 spiro atoms. The number of hydrogen-bond donors (Lipinski definition) is 0. The number of rotatable bonds is 5. The first-order valence-corrected chi connectivity index (χ1v) is 12.0. The van der Waals surface area contributed by atoms with Crippen molar-refractivity contribution in [2.45, 2.75) is 19.9 Å². The van der Waals surface area contributed by atoms with Gasteiger partial charge in [-0.3, -0.25) is 19.1 Å². The summed E-state index contributed by atoms with van der Waals surface area (Å²) in [5.74, 6) is 6.42. The van der Waals surface area contributed by atoms with Gasteiger partial charge in [-0.05, 0) is 48.7 Å². The van der Waals surface area contributed by atoms with E-state index < -0.39 is 0 Å². The molecular formula is C29H29N5O. The molecule has 2 aromatic heterocycles. The highest BCUT2D eigenvalue weighted by Crippen LogP contribution is 2.17. The first-order chi connectivity index (χ1) is 17.0. The van der Waals surface area contributed by atoms with Crippen LogP contribution in [0.25, 0.3) is 5.65 Å². The number of ketones is 1. The number of aromatic nitrogens is 3. The standard InChI is InChI=1S/C29H29N5O/c1-22-16-24(6-8-26(22)21-33-14-12-32(2)13-15-33)18-28(35)25-5-3-4-23(17-25)7-9-27-19-31-29-20-30-10-11-34(27)29/h3-6,8,10-11,16-17,19-20H,12-15,18,21H2,1-2H3. The maximum absolute atomic E-state index is 13.0. The Morgan fingerprint density at radius 1 is 1.03 bits per heavy atom. The number of imidazole rings is 1. The van der Waals surface area contributed by atoms with E-state index in [-0.39, 0.29) is 5.78 Å². The Bertz CT molecular complexity index is 1420. The third kappa shape index (κ3) is 5.48. The molecule has 5 rings (SSSR count). The van der Waals surface area contributed by atoms with Crippen LogP contribution in [0.5, 0.6) is 0 Å². The van der Waals surface area contributed by atoms with Gasteiger partial charge in [-0.15, -0.1) is 0 Å². The highest BCUT2D eigenvalue weighted by molar-refractivity contribution is 5.97. The number of aryl methyl sites for hydroxylation is 1. The molecule has 4 aromatic rings. The number of nitrogens with zero attached hydrogens (tertiary/aromatic N) is 5. The summed E-state index contributed by atoms with van der Waals surface area (Å²) in [5.41, 5.74) is 6.66. The minimum Gasteiger partial charge on any atom is -0.304 e. The molecule has 0 saturated carbocycles. The fourth-order valence-corrected chi connectivity index (χ4v) is 4.42. The summed E-state index contributed by atoms with van der Waals surface area (Å²) in [5, 5.41) is 0. The first-order valence-electron chi connectivity index (χ1n) is 12.0. The molecule has 176 valence electrons. The van der Waals surface area contributed by atoms with Crippen molar-refractivity contribution < 1.29 is 4.79 Å². The number of likely N-dealkylation sites (N-methyl/N-ethyl adjacent to an activating group) is 1. The van der Waals surface area contributed by atoms with Gasteiger partial charge in [-0.2, -0.15) is 0 Å². The maximum Gasteiger partial charge on any atom is 0.167 e. The van der Waals surface area contributed by atoms with E-state index in [1.807, 2.05) is 34.9 Å². The van der Waals surface area contributed by atoms with Gasteiger partial charge in [0.2, 0.25) is 0 Å². The normalized spacial score (nSPS) is 14.6. The first kappa shape index (κ1) is 23.0.